The number of benzene rings is 1. The lowest BCUT2D eigenvalue weighted by atomic mass is 9.96. The predicted octanol–water partition coefficient (Wildman–Crippen LogP) is 3.08. The highest BCUT2D eigenvalue weighted by molar-refractivity contribution is 6.01. The van der Waals surface area contributed by atoms with Gasteiger partial charge < -0.3 is 20.7 Å². The molecule has 1 aromatic carbocycles. The number of aromatic nitrogens is 2. The van der Waals surface area contributed by atoms with Gasteiger partial charge in [0.1, 0.15) is 5.56 Å². The summed E-state index contributed by atoms with van der Waals surface area (Å²) >= 11 is 0. The Bertz CT molecular complexity index is 1030. The summed E-state index contributed by atoms with van der Waals surface area (Å²) in [6, 6.07) is 9.60. The number of urea groups is 1. The number of amides is 3. The molecule has 1 saturated heterocycles. The number of hydrogen-bond acceptors (Lipinski definition) is 6. The quantitative estimate of drug-likeness (QED) is 0.484. The smallest absolute Gasteiger partial charge is 0.343 e. The van der Waals surface area contributed by atoms with Crippen LogP contribution in [0.5, 0.6) is 0 Å². The third-order valence-electron chi connectivity index (χ3n) is 6.75. The normalized spacial score (nSPS) is 17.4. The van der Waals surface area contributed by atoms with Crippen LogP contribution in [0.4, 0.5) is 10.6 Å². The van der Waals surface area contributed by atoms with Gasteiger partial charge in [-0.15, -0.1) is 0 Å². The molecule has 1 aliphatic heterocycles. The van der Waals surface area contributed by atoms with E-state index in [9.17, 15) is 14.4 Å². The van der Waals surface area contributed by atoms with Crippen molar-refractivity contribution in [2.24, 2.45) is 0 Å². The van der Waals surface area contributed by atoms with Crippen molar-refractivity contribution in [1.82, 2.24) is 25.3 Å². The molecule has 36 heavy (non-hydrogen) atoms. The minimum atomic E-state index is -0.534. The molecule has 2 heterocycles. The van der Waals surface area contributed by atoms with Crippen molar-refractivity contribution in [3.8, 4) is 5.69 Å². The second kappa shape index (κ2) is 12.5. The molecule has 3 N–H and O–H groups in total. The zero-order valence-electron chi connectivity index (χ0n) is 20.9. The monoisotopic (exact) mass is 496 g/mol. The molecule has 0 atom stereocenters. The molecule has 0 radical (unpaired) electrons. The molecule has 3 amide bonds. The topological polar surface area (TPSA) is 118 Å². The Morgan fingerprint density at radius 2 is 1.64 bits per heavy atom. The van der Waals surface area contributed by atoms with Crippen LogP contribution < -0.4 is 16.0 Å². The first-order valence-electron chi connectivity index (χ1n) is 12.9. The van der Waals surface area contributed by atoms with Gasteiger partial charge in [0, 0.05) is 25.2 Å². The molecule has 0 spiro atoms. The number of hydrogen-bond donors (Lipinski definition) is 3. The van der Waals surface area contributed by atoms with Gasteiger partial charge in [0.2, 0.25) is 5.91 Å². The summed E-state index contributed by atoms with van der Waals surface area (Å²) in [7, 11) is 0. The van der Waals surface area contributed by atoms with Crippen molar-refractivity contribution in [3.63, 3.8) is 0 Å². The third-order valence-corrected chi connectivity index (χ3v) is 6.75. The van der Waals surface area contributed by atoms with Crippen molar-refractivity contribution in [3.05, 3.63) is 42.1 Å². The highest BCUT2D eigenvalue weighted by Crippen LogP contribution is 2.22. The van der Waals surface area contributed by atoms with Crippen LogP contribution in [-0.2, 0) is 9.53 Å². The first-order chi connectivity index (χ1) is 17.5. The molecule has 1 aromatic heterocycles. The fraction of sp³-hybridized carbons (Fsp3) is 0.538. The van der Waals surface area contributed by atoms with Crippen molar-refractivity contribution in [2.45, 2.75) is 64.0 Å². The molecule has 0 bridgehead atoms. The lowest BCUT2D eigenvalue weighted by Crippen LogP contribution is -2.51. The Morgan fingerprint density at radius 1 is 0.972 bits per heavy atom. The highest BCUT2D eigenvalue weighted by atomic mass is 16.5. The van der Waals surface area contributed by atoms with Gasteiger partial charge >= 0.3 is 12.0 Å². The number of carbonyl (C=O) groups is 3. The van der Waals surface area contributed by atoms with E-state index in [1.165, 1.54) is 30.1 Å². The van der Waals surface area contributed by atoms with Crippen LogP contribution in [0.2, 0.25) is 0 Å². The van der Waals surface area contributed by atoms with Crippen LogP contribution in [0.15, 0.2) is 36.5 Å². The van der Waals surface area contributed by atoms with Crippen LogP contribution >= 0.6 is 0 Å². The minimum absolute atomic E-state index is 0.0845. The molecule has 10 nitrogen and oxygen atoms in total. The molecule has 2 aliphatic rings. The van der Waals surface area contributed by atoms with Gasteiger partial charge in [0.05, 0.1) is 25.0 Å². The maximum absolute atomic E-state index is 12.9. The number of para-hydroxylation sites is 1. The van der Waals surface area contributed by atoms with Gasteiger partial charge in [-0.25, -0.2) is 14.3 Å². The van der Waals surface area contributed by atoms with E-state index >= 15 is 0 Å². The fourth-order valence-corrected chi connectivity index (χ4v) is 4.86. The largest absolute Gasteiger partial charge is 0.462 e. The van der Waals surface area contributed by atoms with Crippen LogP contribution in [0, 0.1) is 0 Å². The number of ether oxygens (including phenoxy) is 1. The molecule has 10 heteroatoms. The van der Waals surface area contributed by atoms with Crippen molar-refractivity contribution in [2.75, 3.05) is 31.6 Å². The Morgan fingerprint density at radius 3 is 2.31 bits per heavy atom. The molecule has 1 saturated carbocycles. The van der Waals surface area contributed by atoms with Gasteiger partial charge in [0.25, 0.3) is 0 Å². The number of rotatable bonds is 8. The zero-order valence-corrected chi connectivity index (χ0v) is 20.9. The lowest BCUT2D eigenvalue weighted by Gasteiger charge is -2.32. The maximum atomic E-state index is 12.9. The van der Waals surface area contributed by atoms with Crippen LogP contribution in [0.25, 0.3) is 5.69 Å². The number of nitrogens with one attached hydrogen (secondary N) is 3. The van der Waals surface area contributed by atoms with Crippen molar-refractivity contribution >= 4 is 23.7 Å². The summed E-state index contributed by atoms with van der Waals surface area (Å²) in [5.74, 6) is -0.478. The van der Waals surface area contributed by atoms with E-state index in [1.54, 1.807) is 6.92 Å². The second-order valence-electron chi connectivity index (χ2n) is 9.43. The van der Waals surface area contributed by atoms with Crippen LogP contribution in [0.3, 0.4) is 0 Å². The maximum Gasteiger partial charge on any atom is 0.343 e. The van der Waals surface area contributed by atoms with E-state index in [4.69, 9.17) is 4.74 Å². The Labute approximate surface area is 211 Å². The van der Waals surface area contributed by atoms with Gasteiger partial charge in [0.15, 0.2) is 5.82 Å². The average Bonchev–Trinajstić information content (AvgIpc) is 3.30. The summed E-state index contributed by atoms with van der Waals surface area (Å²) in [6.45, 7) is 3.54. The lowest BCUT2D eigenvalue weighted by molar-refractivity contribution is -0.117. The average molecular weight is 497 g/mol. The number of piperidine rings is 1. The number of likely N-dealkylation sites (tertiary alicyclic amines) is 1. The molecule has 2 aromatic rings. The number of anilines is 1. The molecule has 2 fully saturated rings. The molecular formula is C26H36N6O4. The van der Waals surface area contributed by atoms with Gasteiger partial charge in [-0.1, -0.05) is 37.5 Å². The molecule has 4 rings (SSSR count). The van der Waals surface area contributed by atoms with Crippen molar-refractivity contribution < 1.29 is 19.1 Å². The fourth-order valence-electron chi connectivity index (χ4n) is 4.86. The summed E-state index contributed by atoms with van der Waals surface area (Å²) < 4.78 is 6.68. The van der Waals surface area contributed by atoms with Gasteiger partial charge in [-0.05, 0) is 44.7 Å². The summed E-state index contributed by atoms with van der Waals surface area (Å²) in [5, 5.41) is 13.4. The van der Waals surface area contributed by atoms with Crippen LogP contribution in [-0.4, -0.2) is 70.9 Å². The summed E-state index contributed by atoms with van der Waals surface area (Å²) in [5.41, 5.74) is 0.933. The van der Waals surface area contributed by atoms with E-state index in [-0.39, 0.29) is 42.7 Å². The minimum Gasteiger partial charge on any atom is -0.462 e. The number of nitrogens with zero attached hydrogens (tertiary/aromatic N) is 3. The second-order valence-corrected chi connectivity index (χ2v) is 9.43. The molecule has 0 unspecified atom stereocenters. The summed E-state index contributed by atoms with van der Waals surface area (Å²) in [4.78, 5) is 39.8. The molecule has 1 aliphatic carbocycles. The van der Waals surface area contributed by atoms with Gasteiger partial charge in [-0.3, -0.25) is 9.69 Å². The SMILES string of the molecule is CCOC(=O)c1cnn(-c2ccccc2)c1NC(=O)CN1CCC(NC(=O)NC2CCCCC2)CC1. The third kappa shape index (κ3) is 6.84. The van der Waals surface area contributed by atoms with E-state index in [1.807, 2.05) is 30.3 Å². The first-order valence-corrected chi connectivity index (χ1v) is 12.9. The Hall–Kier alpha value is -3.40. The van der Waals surface area contributed by atoms with Crippen LogP contribution in [0.1, 0.15) is 62.2 Å². The van der Waals surface area contributed by atoms with Crippen molar-refractivity contribution in [1.29, 1.82) is 0 Å². The Balaban J connectivity index is 1.30. The highest BCUT2D eigenvalue weighted by Gasteiger charge is 2.25. The van der Waals surface area contributed by atoms with E-state index in [0.29, 0.717) is 18.9 Å². The number of carbonyl (C=O) groups excluding carboxylic acids is 3. The number of esters is 1. The molecular weight excluding hydrogens is 460 g/mol. The Kier molecular flexibility index (Phi) is 8.94. The first kappa shape index (κ1) is 25.7. The zero-order chi connectivity index (χ0) is 25.3. The van der Waals surface area contributed by atoms with E-state index in [2.05, 4.69) is 25.9 Å². The summed E-state index contributed by atoms with van der Waals surface area (Å²) in [6.07, 6.45) is 8.70. The van der Waals surface area contributed by atoms with E-state index < -0.39 is 5.97 Å². The predicted molar refractivity (Wildman–Crippen MR) is 136 cm³/mol. The standard InChI is InChI=1S/C26H36N6O4/c1-2-36-25(34)22-17-27-32(21-11-7-4-8-12-21)24(22)30-23(33)18-31-15-13-20(14-16-31)29-26(35)28-19-9-5-3-6-10-19/h4,7-8,11-12,17,19-20H,2-3,5-6,9-10,13-16,18H2,1H3,(H,30,33)(H2,28,29,35). The van der Waals surface area contributed by atoms with E-state index in [0.717, 1.165) is 31.4 Å². The van der Waals surface area contributed by atoms with Gasteiger partial charge in [-0.2, -0.15) is 5.10 Å². The molecule has 194 valence electrons.